The largest absolute Gasteiger partial charge is 0.477 e. The van der Waals surface area contributed by atoms with Crippen LogP contribution < -0.4 is 20.3 Å². The monoisotopic (exact) mass is 405 g/mol. The van der Waals surface area contributed by atoms with Crippen molar-refractivity contribution in [3.63, 3.8) is 0 Å². The van der Waals surface area contributed by atoms with E-state index >= 15 is 0 Å². The smallest absolute Gasteiger partial charge is 0.262 e. The summed E-state index contributed by atoms with van der Waals surface area (Å²) in [6, 6.07) is 11.1. The molecule has 0 saturated heterocycles. The molecule has 0 fully saturated rings. The van der Waals surface area contributed by atoms with E-state index in [1.807, 2.05) is 19.1 Å². The van der Waals surface area contributed by atoms with Crippen molar-refractivity contribution in [3.8, 4) is 5.75 Å². The zero-order chi connectivity index (χ0) is 20.1. The van der Waals surface area contributed by atoms with Gasteiger partial charge in [-0.2, -0.15) is 0 Å². The first-order valence-electron chi connectivity index (χ1n) is 9.01. The Labute approximate surface area is 167 Å². The first kappa shape index (κ1) is 19.9. The minimum absolute atomic E-state index is 0.0104. The molecule has 28 heavy (non-hydrogen) atoms. The molecule has 3 rings (SSSR count). The van der Waals surface area contributed by atoms with E-state index in [1.165, 1.54) is 18.2 Å². The fourth-order valence-corrected chi connectivity index (χ4v) is 3.08. The summed E-state index contributed by atoms with van der Waals surface area (Å²) in [5.41, 5.74) is 0.708. The Morgan fingerprint density at radius 1 is 1.29 bits per heavy atom. The molecule has 0 saturated carbocycles. The Kier molecular flexibility index (Phi) is 6.36. The maximum Gasteiger partial charge on any atom is 0.262 e. The summed E-state index contributed by atoms with van der Waals surface area (Å²) in [7, 11) is 0. The number of nitrogens with one attached hydrogen (secondary N) is 2. The zero-order valence-corrected chi connectivity index (χ0v) is 16.1. The zero-order valence-electron chi connectivity index (χ0n) is 15.4. The molecular formula is C20H21ClFN3O3. The summed E-state index contributed by atoms with van der Waals surface area (Å²) >= 11 is 5.87. The lowest BCUT2D eigenvalue weighted by Gasteiger charge is -2.35. The van der Waals surface area contributed by atoms with E-state index in [4.69, 9.17) is 16.3 Å². The van der Waals surface area contributed by atoms with Crippen LogP contribution in [-0.2, 0) is 9.59 Å². The van der Waals surface area contributed by atoms with Crippen LogP contribution in [-0.4, -0.2) is 37.6 Å². The number of halogens is 2. The van der Waals surface area contributed by atoms with Crippen LogP contribution in [0.15, 0.2) is 42.5 Å². The molecule has 0 spiro atoms. The first-order chi connectivity index (χ1) is 13.5. The Hall–Kier alpha value is -2.80. The van der Waals surface area contributed by atoms with E-state index in [1.54, 1.807) is 17.0 Å². The number of hydrogen-bond donors (Lipinski definition) is 2. The number of anilines is 2. The summed E-state index contributed by atoms with van der Waals surface area (Å²) in [5.74, 6) is -0.711. The van der Waals surface area contributed by atoms with Crippen molar-refractivity contribution < 1.29 is 18.7 Å². The Morgan fingerprint density at radius 3 is 2.86 bits per heavy atom. The van der Waals surface area contributed by atoms with E-state index in [9.17, 15) is 14.0 Å². The normalized spacial score (nSPS) is 15.4. The van der Waals surface area contributed by atoms with E-state index in [-0.39, 0.29) is 24.7 Å². The number of para-hydroxylation sites is 2. The predicted octanol–water partition coefficient (Wildman–Crippen LogP) is 3.21. The number of benzene rings is 2. The Balaban J connectivity index is 1.74. The molecular weight excluding hydrogens is 385 g/mol. The third kappa shape index (κ3) is 4.72. The number of hydrogen-bond acceptors (Lipinski definition) is 4. The van der Waals surface area contributed by atoms with Gasteiger partial charge < -0.3 is 20.3 Å². The van der Waals surface area contributed by atoms with Crippen LogP contribution in [0, 0.1) is 5.82 Å². The van der Waals surface area contributed by atoms with Crippen LogP contribution in [0.25, 0.3) is 0 Å². The van der Waals surface area contributed by atoms with Crippen LogP contribution >= 0.6 is 11.6 Å². The Bertz CT molecular complexity index is 878. The van der Waals surface area contributed by atoms with Gasteiger partial charge in [-0.25, -0.2) is 4.39 Å². The van der Waals surface area contributed by atoms with Gasteiger partial charge in [0.1, 0.15) is 11.6 Å². The second-order valence-electron chi connectivity index (χ2n) is 6.42. The van der Waals surface area contributed by atoms with Gasteiger partial charge in [-0.05, 0) is 36.8 Å². The summed E-state index contributed by atoms with van der Waals surface area (Å²) in [5, 5.41) is 5.65. The molecule has 0 aromatic heterocycles. The number of nitrogens with zero attached hydrogens (tertiary/aromatic N) is 1. The van der Waals surface area contributed by atoms with Crippen molar-refractivity contribution in [1.82, 2.24) is 5.32 Å². The van der Waals surface area contributed by atoms with Crippen molar-refractivity contribution in [2.24, 2.45) is 0 Å². The third-order valence-corrected chi connectivity index (χ3v) is 4.48. The summed E-state index contributed by atoms with van der Waals surface area (Å²) in [4.78, 5) is 26.6. The molecule has 1 atom stereocenters. The molecule has 1 aliphatic heterocycles. The predicted molar refractivity (Wildman–Crippen MR) is 106 cm³/mol. The summed E-state index contributed by atoms with van der Waals surface area (Å²) in [6.07, 6.45) is 0.0731. The molecule has 148 valence electrons. The van der Waals surface area contributed by atoms with Crippen molar-refractivity contribution in [1.29, 1.82) is 0 Å². The van der Waals surface area contributed by atoms with Gasteiger partial charge >= 0.3 is 0 Å². The maximum absolute atomic E-state index is 13.9. The van der Waals surface area contributed by atoms with E-state index in [0.717, 1.165) is 6.42 Å². The quantitative estimate of drug-likeness (QED) is 0.774. The SMILES string of the molecule is CCCNC(=O)[C@H]1CN(CC(=O)Nc2cc(Cl)ccc2F)c2ccccc2O1. The van der Waals surface area contributed by atoms with Gasteiger partial charge in [0.05, 0.1) is 24.5 Å². The average Bonchev–Trinajstić information content (AvgIpc) is 2.68. The molecule has 0 radical (unpaired) electrons. The van der Waals surface area contributed by atoms with Crippen LogP contribution in [0.1, 0.15) is 13.3 Å². The third-order valence-electron chi connectivity index (χ3n) is 4.24. The van der Waals surface area contributed by atoms with E-state index in [2.05, 4.69) is 10.6 Å². The van der Waals surface area contributed by atoms with Crippen molar-refractivity contribution >= 4 is 34.8 Å². The standard InChI is InChI=1S/C20H21ClFN3O3/c1-2-9-23-20(27)18-11-25(16-5-3-4-6-17(16)28-18)12-19(26)24-15-10-13(21)7-8-14(15)22/h3-8,10,18H,2,9,11-12H2,1H3,(H,23,27)(H,24,26)/t18-/m1/s1. The van der Waals surface area contributed by atoms with E-state index < -0.39 is 17.8 Å². The highest BCUT2D eigenvalue weighted by Crippen LogP contribution is 2.33. The highest BCUT2D eigenvalue weighted by atomic mass is 35.5. The van der Waals surface area contributed by atoms with Gasteiger partial charge in [0, 0.05) is 11.6 Å². The molecule has 8 heteroatoms. The second kappa shape index (κ2) is 8.93. The first-order valence-corrected chi connectivity index (χ1v) is 9.39. The van der Waals surface area contributed by atoms with Crippen molar-refractivity contribution in [2.45, 2.75) is 19.4 Å². The lowest BCUT2D eigenvalue weighted by atomic mass is 10.1. The lowest BCUT2D eigenvalue weighted by Crippen LogP contribution is -2.50. The maximum atomic E-state index is 13.9. The van der Waals surface area contributed by atoms with Crippen LogP contribution in [0.5, 0.6) is 5.75 Å². The number of carbonyl (C=O) groups excluding carboxylic acids is 2. The minimum atomic E-state index is -0.739. The van der Waals surface area contributed by atoms with Gasteiger partial charge in [0.25, 0.3) is 5.91 Å². The second-order valence-corrected chi connectivity index (χ2v) is 6.85. The molecule has 0 bridgehead atoms. The molecule has 2 amide bonds. The van der Waals surface area contributed by atoms with Gasteiger partial charge in [0.15, 0.2) is 6.10 Å². The molecule has 0 aliphatic carbocycles. The molecule has 6 nitrogen and oxygen atoms in total. The highest BCUT2D eigenvalue weighted by Gasteiger charge is 2.31. The lowest BCUT2D eigenvalue weighted by molar-refractivity contribution is -0.128. The topological polar surface area (TPSA) is 70.7 Å². The van der Waals surface area contributed by atoms with Gasteiger partial charge in [-0.15, -0.1) is 0 Å². The van der Waals surface area contributed by atoms with Gasteiger partial charge in [0.2, 0.25) is 5.91 Å². The summed E-state index contributed by atoms with van der Waals surface area (Å²) in [6.45, 7) is 2.65. The van der Waals surface area contributed by atoms with Crippen LogP contribution in [0.4, 0.5) is 15.8 Å². The molecule has 1 aliphatic rings. The molecule has 2 N–H and O–H groups in total. The highest BCUT2D eigenvalue weighted by molar-refractivity contribution is 6.30. The fourth-order valence-electron chi connectivity index (χ4n) is 2.91. The molecule has 2 aromatic rings. The molecule has 0 unspecified atom stereocenters. The fraction of sp³-hybridized carbons (Fsp3) is 0.300. The van der Waals surface area contributed by atoms with Crippen LogP contribution in [0.2, 0.25) is 5.02 Å². The Morgan fingerprint density at radius 2 is 2.07 bits per heavy atom. The molecule has 2 aromatic carbocycles. The number of fused-ring (bicyclic) bond motifs is 1. The number of carbonyl (C=O) groups is 2. The molecule has 1 heterocycles. The average molecular weight is 406 g/mol. The van der Waals surface area contributed by atoms with Crippen LogP contribution in [0.3, 0.4) is 0 Å². The van der Waals surface area contributed by atoms with Gasteiger partial charge in [-0.1, -0.05) is 30.7 Å². The number of amides is 2. The number of rotatable bonds is 6. The van der Waals surface area contributed by atoms with Crippen molar-refractivity contribution in [3.05, 3.63) is 53.3 Å². The van der Waals surface area contributed by atoms with E-state index in [0.29, 0.717) is 23.0 Å². The summed E-state index contributed by atoms with van der Waals surface area (Å²) < 4.78 is 19.7. The van der Waals surface area contributed by atoms with Crippen molar-refractivity contribution in [2.75, 3.05) is 29.9 Å². The minimum Gasteiger partial charge on any atom is -0.477 e. The van der Waals surface area contributed by atoms with Gasteiger partial charge in [-0.3, -0.25) is 9.59 Å². The number of ether oxygens (including phenoxy) is 1.